The monoisotopic (exact) mass is 392 g/mol. The van der Waals surface area contributed by atoms with Gasteiger partial charge in [-0.3, -0.25) is 0 Å². The molecule has 28 heavy (non-hydrogen) atoms. The maximum atomic E-state index is 3.28. The molecule has 0 radical (unpaired) electrons. The Morgan fingerprint density at radius 2 is 1.14 bits per heavy atom. The molecule has 1 N–H and O–H groups in total. The number of hydrogen-bond acceptors (Lipinski definition) is 2. The second-order valence-corrected chi connectivity index (χ2v) is 12.0. The zero-order valence-corrected chi connectivity index (χ0v) is 18.3. The van der Waals surface area contributed by atoms with Crippen LogP contribution in [0.15, 0.2) is 91.0 Å². The molecular weight excluding hydrogens is 359 g/mol. The molecule has 3 aromatic rings. The normalized spacial score (nSPS) is 13.4. The van der Waals surface area contributed by atoms with Crippen molar-refractivity contribution in [3.8, 4) is 0 Å². The van der Waals surface area contributed by atoms with Crippen LogP contribution in [0.1, 0.15) is 6.92 Å². The summed E-state index contributed by atoms with van der Waals surface area (Å²) in [4.78, 5) is 2.47. The van der Waals surface area contributed by atoms with Crippen LogP contribution in [0.5, 0.6) is 0 Å². The first kappa shape index (κ1) is 20.7. The summed E-state index contributed by atoms with van der Waals surface area (Å²) < 4.78 is 0. The van der Waals surface area contributed by atoms with Crippen LogP contribution < -0.4 is 21.2 Å². The Kier molecular flexibility index (Phi) is 7.39. The van der Waals surface area contributed by atoms with Crippen molar-refractivity contribution >= 4 is 23.2 Å². The van der Waals surface area contributed by atoms with E-state index in [-0.39, 0.29) is 0 Å². The molecule has 0 saturated carbocycles. The summed E-state index contributed by atoms with van der Waals surface area (Å²) in [6.07, 6.45) is 0. The van der Waals surface area contributed by atoms with Gasteiger partial charge in [0.05, 0.1) is 0 Å². The molecule has 0 aliphatic heterocycles. The average molecular weight is 393 g/mol. The summed E-state index contributed by atoms with van der Waals surface area (Å²) in [5.74, 6) is 0. The SMILES string of the molecule is CNCCN(C)CC(C)[PH](c1ccccc1)(c1ccccc1)c1ccccc1. The fraction of sp³-hybridized carbons (Fsp3) is 0.280. The molecule has 3 heteroatoms. The fourth-order valence-corrected chi connectivity index (χ4v) is 9.90. The summed E-state index contributed by atoms with van der Waals surface area (Å²) in [6, 6.07) is 33.6. The van der Waals surface area contributed by atoms with Gasteiger partial charge in [0.2, 0.25) is 0 Å². The number of hydrogen-bond donors (Lipinski definition) is 1. The second kappa shape index (κ2) is 9.98. The molecule has 1 atom stereocenters. The van der Waals surface area contributed by atoms with Gasteiger partial charge in [-0.2, -0.15) is 0 Å². The third kappa shape index (κ3) is 4.36. The summed E-state index contributed by atoms with van der Waals surface area (Å²) >= 11 is 0. The van der Waals surface area contributed by atoms with E-state index in [9.17, 15) is 0 Å². The van der Waals surface area contributed by atoms with Crippen molar-refractivity contribution in [2.24, 2.45) is 0 Å². The van der Waals surface area contributed by atoms with E-state index >= 15 is 0 Å². The zero-order valence-electron chi connectivity index (χ0n) is 17.3. The minimum absolute atomic E-state index is 0.529. The molecule has 0 amide bonds. The van der Waals surface area contributed by atoms with Crippen molar-refractivity contribution in [2.45, 2.75) is 12.6 Å². The Balaban J connectivity index is 2.16. The van der Waals surface area contributed by atoms with Gasteiger partial charge in [-0.05, 0) is 0 Å². The number of nitrogens with zero attached hydrogens (tertiary/aromatic N) is 1. The third-order valence-electron chi connectivity index (χ3n) is 5.76. The Morgan fingerprint density at radius 1 is 0.750 bits per heavy atom. The third-order valence-corrected chi connectivity index (χ3v) is 11.1. The maximum absolute atomic E-state index is 3.28. The van der Waals surface area contributed by atoms with Crippen LogP contribution in [0.25, 0.3) is 0 Å². The van der Waals surface area contributed by atoms with Crippen molar-refractivity contribution < 1.29 is 0 Å². The quantitative estimate of drug-likeness (QED) is 0.563. The Labute approximate surface area is 170 Å². The fourth-order valence-electron chi connectivity index (χ4n) is 4.46. The molecule has 0 spiro atoms. The molecule has 0 bridgehead atoms. The van der Waals surface area contributed by atoms with Crippen molar-refractivity contribution in [3.05, 3.63) is 91.0 Å². The van der Waals surface area contributed by atoms with Gasteiger partial charge in [-0.1, -0.05) is 0 Å². The van der Waals surface area contributed by atoms with E-state index in [4.69, 9.17) is 0 Å². The first-order valence-electron chi connectivity index (χ1n) is 10.2. The number of rotatable bonds is 9. The molecule has 2 nitrogen and oxygen atoms in total. The van der Waals surface area contributed by atoms with E-state index < -0.39 is 7.26 Å². The van der Waals surface area contributed by atoms with Crippen LogP contribution in [-0.2, 0) is 0 Å². The predicted molar refractivity (Wildman–Crippen MR) is 127 cm³/mol. The molecule has 1 unspecified atom stereocenters. The van der Waals surface area contributed by atoms with Crippen LogP contribution in [-0.4, -0.2) is 44.3 Å². The average Bonchev–Trinajstić information content (AvgIpc) is 2.75. The van der Waals surface area contributed by atoms with Gasteiger partial charge < -0.3 is 0 Å². The Bertz CT molecular complexity index is 724. The van der Waals surface area contributed by atoms with E-state index in [0.717, 1.165) is 19.6 Å². The van der Waals surface area contributed by atoms with Gasteiger partial charge >= 0.3 is 171 Å². The van der Waals surface area contributed by atoms with Crippen molar-refractivity contribution in [2.75, 3.05) is 33.7 Å². The molecule has 0 aromatic heterocycles. The van der Waals surface area contributed by atoms with Crippen molar-refractivity contribution in [1.29, 1.82) is 0 Å². The second-order valence-electron chi connectivity index (χ2n) is 7.67. The molecule has 3 aromatic carbocycles. The van der Waals surface area contributed by atoms with E-state index in [0.29, 0.717) is 5.66 Å². The van der Waals surface area contributed by atoms with Gasteiger partial charge in [-0.15, -0.1) is 0 Å². The molecule has 0 saturated heterocycles. The molecule has 0 aliphatic carbocycles. The number of likely N-dealkylation sites (N-methyl/N-ethyl adjacent to an activating group) is 2. The number of nitrogens with one attached hydrogen (secondary N) is 1. The Hall–Kier alpha value is -1.99. The molecule has 0 aliphatic rings. The summed E-state index contributed by atoms with van der Waals surface area (Å²) in [5, 5.41) is 7.74. The van der Waals surface area contributed by atoms with E-state index in [1.807, 2.05) is 7.05 Å². The Morgan fingerprint density at radius 3 is 1.50 bits per heavy atom. The van der Waals surface area contributed by atoms with Crippen molar-refractivity contribution in [3.63, 3.8) is 0 Å². The molecule has 3 rings (SSSR count). The standard InChI is InChI=1S/C25H33N2P/c1-22(21-27(3)20-19-26-2)28(23-13-7-4-8-14-23,24-15-9-5-10-16-24)25-17-11-6-12-18-25/h4-18,22,26,28H,19-21H2,1-3H3. The minimum atomic E-state index is -2.19. The predicted octanol–water partition coefficient (Wildman–Crippen LogP) is 3.25. The van der Waals surface area contributed by atoms with Crippen LogP contribution in [0.4, 0.5) is 0 Å². The first-order chi connectivity index (χ1) is 13.7. The van der Waals surface area contributed by atoms with E-state index in [2.05, 4.69) is 115 Å². The summed E-state index contributed by atoms with van der Waals surface area (Å²) in [5.41, 5.74) is 0.529. The van der Waals surface area contributed by atoms with Gasteiger partial charge in [0.25, 0.3) is 0 Å². The molecule has 148 valence electrons. The van der Waals surface area contributed by atoms with Gasteiger partial charge in [0, 0.05) is 0 Å². The number of benzene rings is 3. The molecule has 0 fully saturated rings. The van der Waals surface area contributed by atoms with Crippen LogP contribution in [0.2, 0.25) is 0 Å². The van der Waals surface area contributed by atoms with Crippen LogP contribution in [0, 0.1) is 0 Å². The van der Waals surface area contributed by atoms with Crippen LogP contribution in [0.3, 0.4) is 0 Å². The summed E-state index contributed by atoms with van der Waals surface area (Å²) in [6.45, 7) is 5.60. The van der Waals surface area contributed by atoms with Gasteiger partial charge in [0.1, 0.15) is 0 Å². The first-order valence-corrected chi connectivity index (χ1v) is 12.3. The van der Waals surface area contributed by atoms with Gasteiger partial charge in [-0.25, -0.2) is 0 Å². The van der Waals surface area contributed by atoms with Crippen LogP contribution >= 0.6 is 7.26 Å². The van der Waals surface area contributed by atoms with Gasteiger partial charge in [0.15, 0.2) is 0 Å². The van der Waals surface area contributed by atoms with E-state index in [1.54, 1.807) is 0 Å². The van der Waals surface area contributed by atoms with Crippen molar-refractivity contribution in [1.82, 2.24) is 10.2 Å². The summed E-state index contributed by atoms with van der Waals surface area (Å²) in [7, 11) is 2.07. The zero-order chi connectivity index (χ0) is 19.8. The van der Waals surface area contributed by atoms with E-state index in [1.165, 1.54) is 15.9 Å². The topological polar surface area (TPSA) is 15.3 Å². The molecular formula is C25H33N2P. The molecule has 0 heterocycles.